The molecule has 3 nitrogen and oxygen atoms in total. The van der Waals surface area contributed by atoms with Crippen molar-refractivity contribution in [1.29, 1.82) is 0 Å². The van der Waals surface area contributed by atoms with E-state index in [1.165, 1.54) is 0 Å². The van der Waals surface area contributed by atoms with Crippen LogP contribution in [0.15, 0.2) is 24.3 Å². The van der Waals surface area contributed by atoms with E-state index in [1.807, 2.05) is 0 Å². The lowest BCUT2D eigenvalue weighted by molar-refractivity contribution is 0.0955. The maximum Gasteiger partial charge on any atom is 0.252 e. The Morgan fingerprint density at radius 2 is 1.93 bits per heavy atom. The molecule has 0 spiro atoms. The number of carbonyl (C=O) groups excluding carboxylic acids is 1. The lowest BCUT2D eigenvalue weighted by Gasteiger charge is -2.04. The molecule has 0 aliphatic rings. The fourth-order valence-corrected chi connectivity index (χ4v) is 1.15. The number of hydrogen-bond donors (Lipinski definition) is 2. The summed E-state index contributed by atoms with van der Waals surface area (Å²) in [7, 11) is 0. The Hall–Kier alpha value is -0.480. The average molecular weight is 272 g/mol. The first-order chi connectivity index (χ1) is 6.25. The predicted octanol–water partition coefficient (Wildman–Crippen LogP) is 1.87. The van der Waals surface area contributed by atoms with Gasteiger partial charge in [-0.3, -0.25) is 4.79 Å². The SMILES string of the molecule is Cl.Cl.NCCNC(=O)c1ccccc1Cl. The van der Waals surface area contributed by atoms with Crippen LogP contribution in [-0.2, 0) is 0 Å². The van der Waals surface area contributed by atoms with Gasteiger partial charge in [0.25, 0.3) is 5.91 Å². The summed E-state index contributed by atoms with van der Waals surface area (Å²) in [6, 6.07) is 6.90. The molecule has 0 saturated heterocycles. The van der Waals surface area contributed by atoms with Gasteiger partial charge in [-0.1, -0.05) is 23.7 Å². The number of benzene rings is 1. The Bertz CT molecular complexity index is 307. The van der Waals surface area contributed by atoms with Crippen molar-refractivity contribution in [2.75, 3.05) is 13.1 Å². The average Bonchev–Trinajstić information content (AvgIpc) is 2.15. The topological polar surface area (TPSA) is 55.1 Å². The highest BCUT2D eigenvalue weighted by Gasteiger charge is 2.07. The molecule has 1 rings (SSSR count). The van der Waals surface area contributed by atoms with Crippen LogP contribution in [-0.4, -0.2) is 19.0 Å². The number of amides is 1. The predicted molar refractivity (Wildman–Crippen MR) is 67.3 cm³/mol. The highest BCUT2D eigenvalue weighted by Crippen LogP contribution is 2.14. The van der Waals surface area contributed by atoms with Gasteiger partial charge >= 0.3 is 0 Å². The van der Waals surface area contributed by atoms with Crippen molar-refractivity contribution in [1.82, 2.24) is 5.32 Å². The van der Waals surface area contributed by atoms with Gasteiger partial charge < -0.3 is 11.1 Å². The van der Waals surface area contributed by atoms with Crippen molar-refractivity contribution in [2.45, 2.75) is 0 Å². The highest BCUT2D eigenvalue weighted by molar-refractivity contribution is 6.33. The van der Waals surface area contributed by atoms with E-state index in [1.54, 1.807) is 24.3 Å². The molecule has 86 valence electrons. The summed E-state index contributed by atoms with van der Waals surface area (Å²) < 4.78 is 0. The number of hydrogen-bond acceptors (Lipinski definition) is 2. The quantitative estimate of drug-likeness (QED) is 0.882. The van der Waals surface area contributed by atoms with E-state index in [9.17, 15) is 4.79 Å². The Morgan fingerprint density at radius 1 is 1.33 bits per heavy atom. The van der Waals surface area contributed by atoms with Crippen molar-refractivity contribution < 1.29 is 4.79 Å². The molecule has 1 aromatic carbocycles. The summed E-state index contributed by atoms with van der Waals surface area (Å²) >= 11 is 5.81. The summed E-state index contributed by atoms with van der Waals surface area (Å²) in [6.45, 7) is 0.889. The van der Waals surface area contributed by atoms with Crippen LogP contribution in [0.25, 0.3) is 0 Å². The molecular weight excluding hydrogens is 258 g/mol. The molecule has 0 fully saturated rings. The van der Waals surface area contributed by atoms with E-state index in [4.69, 9.17) is 17.3 Å². The van der Waals surface area contributed by atoms with Crippen LogP contribution in [0, 0.1) is 0 Å². The Balaban J connectivity index is 0. The fourth-order valence-electron chi connectivity index (χ4n) is 0.926. The van der Waals surface area contributed by atoms with Crippen LogP contribution in [0.2, 0.25) is 5.02 Å². The number of nitrogens with one attached hydrogen (secondary N) is 1. The zero-order valence-electron chi connectivity index (χ0n) is 7.90. The summed E-state index contributed by atoms with van der Waals surface area (Å²) in [5, 5.41) is 3.10. The summed E-state index contributed by atoms with van der Waals surface area (Å²) in [4.78, 5) is 11.4. The third-order valence-corrected chi connectivity index (χ3v) is 1.88. The number of rotatable bonds is 3. The Labute approximate surface area is 106 Å². The van der Waals surface area contributed by atoms with Crippen LogP contribution < -0.4 is 11.1 Å². The fraction of sp³-hybridized carbons (Fsp3) is 0.222. The molecule has 0 aliphatic carbocycles. The maximum atomic E-state index is 11.4. The van der Waals surface area contributed by atoms with Crippen molar-refractivity contribution in [3.8, 4) is 0 Å². The standard InChI is InChI=1S/C9H11ClN2O.2ClH/c10-8-4-2-1-3-7(8)9(13)12-6-5-11;;/h1-4H,5-6,11H2,(H,12,13);2*1H. The molecule has 0 aromatic heterocycles. The third-order valence-electron chi connectivity index (χ3n) is 1.55. The van der Waals surface area contributed by atoms with E-state index in [0.29, 0.717) is 23.7 Å². The number of nitrogens with two attached hydrogens (primary N) is 1. The monoisotopic (exact) mass is 270 g/mol. The van der Waals surface area contributed by atoms with E-state index >= 15 is 0 Å². The minimum Gasteiger partial charge on any atom is -0.351 e. The van der Waals surface area contributed by atoms with Gasteiger partial charge in [-0.05, 0) is 12.1 Å². The highest BCUT2D eigenvalue weighted by atomic mass is 35.5. The van der Waals surface area contributed by atoms with Gasteiger partial charge in [-0.15, -0.1) is 24.8 Å². The van der Waals surface area contributed by atoms with Crippen molar-refractivity contribution in [3.63, 3.8) is 0 Å². The molecule has 0 saturated carbocycles. The second kappa shape index (κ2) is 8.80. The molecule has 0 radical (unpaired) electrons. The first kappa shape index (κ1) is 16.9. The Kier molecular flexibility index (Phi) is 9.93. The van der Waals surface area contributed by atoms with E-state index in [0.717, 1.165) is 0 Å². The van der Waals surface area contributed by atoms with Gasteiger partial charge in [0, 0.05) is 13.1 Å². The molecule has 6 heteroatoms. The molecule has 0 unspecified atom stereocenters. The van der Waals surface area contributed by atoms with Crippen LogP contribution in [0.5, 0.6) is 0 Å². The van der Waals surface area contributed by atoms with Gasteiger partial charge in [0.15, 0.2) is 0 Å². The minimum absolute atomic E-state index is 0. The number of halogens is 3. The molecule has 3 N–H and O–H groups in total. The van der Waals surface area contributed by atoms with Crippen molar-refractivity contribution in [2.24, 2.45) is 5.73 Å². The van der Waals surface area contributed by atoms with Crippen molar-refractivity contribution >= 4 is 42.3 Å². The minimum atomic E-state index is -0.184. The van der Waals surface area contributed by atoms with Crippen molar-refractivity contribution in [3.05, 3.63) is 34.9 Å². The second-order valence-electron chi connectivity index (χ2n) is 2.52. The van der Waals surface area contributed by atoms with Crippen LogP contribution in [0.1, 0.15) is 10.4 Å². The molecule has 15 heavy (non-hydrogen) atoms. The molecule has 1 aromatic rings. The van der Waals surface area contributed by atoms with Gasteiger partial charge in [-0.25, -0.2) is 0 Å². The van der Waals surface area contributed by atoms with Gasteiger partial charge in [-0.2, -0.15) is 0 Å². The van der Waals surface area contributed by atoms with E-state index in [2.05, 4.69) is 5.32 Å². The molecule has 0 heterocycles. The van der Waals surface area contributed by atoms with E-state index in [-0.39, 0.29) is 30.7 Å². The van der Waals surface area contributed by atoms with E-state index < -0.39 is 0 Å². The molecule has 0 atom stereocenters. The smallest absolute Gasteiger partial charge is 0.252 e. The van der Waals surface area contributed by atoms with Crippen LogP contribution in [0.3, 0.4) is 0 Å². The Morgan fingerprint density at radius 3 is 2.47 bits per heavy atom. The lowest BCUT2D eigenvalue weighted by atomic mass is 10.2. The third kappa shape index (κ3) is 5.23. The largest absolute Gasteiger partial charge is 0.351 e. The van der Waals surface area contributed by atoms with Crippen LogP contribution in [0.4, 0.5) is 0 Å². The van der Waals surface area contributed by atoms with Gasteiger partial charge in [0.05, 0.1) is 10.6 Å². The lowest BCUT2D eigenvalue weighted by Crippen LogP contribution is -2.29. The normalized spacial score (nSPS) is 8.40. The molecule has 0 aliphatic heterocycles. The maximum absolute atomic E-state index is 11.4. The first-order valence-electron chi connectivity index (χ1n) is 3.98. The van der Waals surface area contributed by atoms with Crippen LogP contribution >= 0.6 is 36.4 Å². The first-order valence-corrected chi connectivity index (χ1v) is 4.36. The zero-order valence-corrected chi connectivity index (χ0v) is 10.3. The second-order valence-corrected chi connectivity index (χ2v) is 2.93. The molecule has 1 amide bonds. The summed E-state index contributed by atoms with van der Waals surface area (Å²) in [6.07, 6.45) is 0. The molecular formula is C9H13Cl3N2O. The van der Waals surface area contributed by atoms with Gasteiger partial charge in [0.2, 0.25) is 0 Å². The zero-order chi connectivity index (χ0) is 9.68. The number of carbonyl (C=O) groups is 1. The van der Waals surface area contributed by atoms with Gasteiger partial charge in [0.1, 0.15) is 0 Å². The summed E-state index contributed by atoms with van der Waals surface area (Å²) in [5.74, 6) is -0.184. The summed E-state index contributed by atoms with van der Waals surface area (Å²) in [5.41, 5.74) is 5.73. The molecule has 0 bridgehead atoms.